The van der Waals surface area contributed by atoms with Crippen molar-refractivity contribution in [1.29, 1.82) is 0 Å². The topological polar surface area (TPSA) is 91.2 Å². The first kappa shape index (κ1) is 22.0. The highest BCUT2D eigenvalue weighted by Crippen LogP contribution is 2.33. The molecule has 0 saturated heterocycles. The van der Waals surface area contributed by atoms with Crippen LogP contribution in [-0.2, 0) is 4.79 Å². The Morgan fingerprint density at radius 1 is 1.06 bits per heavy atom. The number of benzene rings is 2. The van der Waals surface area contributed by atoms with Crippen LogP contribution in [0.25, 0.3) is 17.1 Å². The van der Waals surface area contributed by atoms with E-state index in [2.05, 4.69) is 20.5 Å². The fraction of sp³-hybridized carbons (Fsp3) is 0.200. The molecule has 0 saturated carbocycles. The van der Waals surface area contributed by atoms with E-state index in [1.807, 2.05) is 72.2 Å². The molecule has 1 amide bonds. The summed E-state index contributed by atoms with van der Waals surface area (Å²) >= 11 is 1.34. The van der Waals surface area contributed by atoms with E-state index in [1.165, 1.54) is 11.8 Å². The maximum Gasteiger partial charge on any atom is 0.230 e. The molecule has 172 valence electrons. The predicted molar refractivity (Wildman–Crippen MR) is 129 cm³/mol. The third-order valence-corrected chi connectivity index (χ3v) is 6.27. The number of thioether (sulfide) groups is 1. The summed E-state index contributed by atoms with van der Waals surface area (Å²) in [5.41, 5.74) is 2.72. The lowest BCUT2D eigenvalue weighted by molar-refractivity contribution is -0.119. The highest BCUT2D eigenvalue weighted by atomic mass is 32.2. The average Bonchev–Trinajstić information content (AvgIpc) is 3.32. The Bertz CT molecular complexity index is 1280. The Morgan fingerprint density at radius 3 is 2.68 bits per heavy atom. The number of carbonyl (C=O) groups is 1. The van der Waals surface area contributed by atoms with Crippen LogP contribution in [0.15, 0.2) is 78.2 Å². The van der Waals surface area contributed by atoms with Crippen LogP contribution in [0.3, 0.4) is 0 Å². The normalized spacial score (nSPS) is 13.3. The molecule has 0 aliphatic carbocycles. The van der Waals surface area contributed by atoms with E-state index >= 15 is 0 Å². The Labute approximate surface area is 201 Å². The molecule has 0 spiro atoms. The number of carbonyl (C=O) groups excluding carboxylic acids is 1. The van der Waals surface area contributed by atoms with E-state index in [4.69, 9.17) is 9.47 Å². The van der Waals surface area contributed by atoms with Crippen molar-refractivity contribution in [3.63, 3.8) is 0 Å². The number of nitrogens with one attached hydrogen (secondary N) is 1. The van der Waals surface area contributed by atoms with Gasteiger partial charge >= 0.3 is 0 Å². The molecule has 2 aromatic carbocycles. The SMILES string of the molecule is C[C@@H](NC(=O)CSc1nnc(-c2cccnc2)n1-c1ccccc1)c1ccc2c(c1)OCCO2. The van der Waals surface area contributed by atoms with Crippen LogP contribution in [0.5, 0.6) is 11.5 Å². The van der Waals surface area contributed by atoms with Crippen LogP contribution in [0.4, 0.5) is 0 Å². The van der Waals surface area contributed by atoms with Crippen molar-refractivity contribution >= 4 is 17.7 Å². The number of pyridine rings is 1. The summed E-state index contributed by atoms with van der Waals surface area (Å²) < 4.78 is 13.2. The van der Waals surface area contributed by atoms with Crippen LogP contribution in [0, 0.1) is 0 Å². The second-order valence-electron chi connectivity index (χ2n) is 7.70. The van der Waals surface area contributed by atoms with Crippen molar-refractivity contribution in [1.82, 2.24) is 25.1 Å². The largest absolute Gasteiger partial charge is 0.486 e. The molecular weight excluding hydrogens is 450 g/mol. The van der Waals surface area contributed by atoms with Gasteiger partial charge in [0, 0.05) is 23.6 Å². The summed E-state index contributed by atoms with van der Waals surface area (Å²) in [5, 5.41) is 12.4. The molecule has 1 N–H and O–H groups in total. The second-order valence-corrected chi connectivity index (χ2v) is 8.64. The first-order valence-corrected chi connectivity index (χ1v) is 11.9. The van der Waals surface area contributed by atoms with Crippen molar-refractivity contribution in [3.8, 4) is 28.6 Å². The van der Waals surface area contributed by atoms with Crippen molar-refractivity contribution < 1.29 is 14.3 Å². The lowest BCUT2D eigenvalue weighted by atomic mass is 10.1. The molecule has 1 aliphatic heterocycles. The number of rotatable bonds is 7. The summed E-state index contributed by atoms with van der Waals surface area (Å²) in [6, 6.07) is 19.2. The van der Waals surface area contributed by atoms with Gasteiger partial charge in [-0.2, -0.15) is 0 Å². The molecule has 8 nitrogen and oxygen atoms in total. The molecule has 0 radical (unpaired) electrons. The molecule has 0 bridgehead atoms. The Kier molecular flexibility index (Phi) is 6.44. The minimum absolute atomic E-state index is 0.0991. The molecule has 1 atom stereocenters. The molecule has 4 aromatic rings. The Hall–Kier alpha value is -3.85. The zero-order valence-corrected chi connectivity index (χ0v) is 19.4. The van der Waals surface area contributed by atoms with Crippen LogP contribution in [0.2, 0.25) is 0 Å². The number of hydrogen-bond acceptors (Lipinski definition) is 7. The van der Waals surface area contributed by atoms with E-state index in [0.29, 0.717) is 29.9 Å². The summed E-state index contributed by atoms with van der Waals surface area (Å²) in [7, 11) is 0. The van der Waals surface area contributed by atoms with Crippen LogP contribution in [0.1, 0.15) is 18.5 Å². The van der Waals surface area contributed by atoms with Gasteiger partial charge in [-0.25, -0.2) is 0 Å². The molecule has 0 unspecified atom stereocenters. The molecule has 34 heavy (non-hydrogen) atoms. The van der Waals surface area contributed by atoms with Crippen molar-refractivity contribution in [2.24, 2.45) is 0 Å². The highest BCUT2D eigenvalue weighted by molar-refractivity contribution is 7.99. The quantitative estimate of drug-likeness (QED) is 0.405. The minimum Gasteiger partial charge on any atom is -0.486 e. The zero-order chi connectivity index (χ0) is 23.3. The molecule has 1 aliphatic rings. The van der Waals surface area contributed by atoms with Gasteiger partial charge in [-0.15, -0.1) is 10.2 Å². The van der Waals surface area contributed by atoms with Gasteiger partial charge in [-0.1, -0.05) is 36.0 Å². The third-order valence-electron chi connectivity index (χ3n) is 5.34. The molecule has 0 fully saturated rings. The van der Waals surface area contributed by atoms with Gasteiger partial charge in [0.2, 0.25) is 5.91 Å². The lowest BCUT2D eigenvalue weighted by Gasteiger charge is -2.21. The van der Waals surface area contributed by atoms with Crippen molar-refractivity contribution in [2.45, 2.75) is 18.1 Å². The summed E-state index contributed by atoms with van der Waals surface area (Å²) in [6.07, 6.45) is 3.47. The number of fused-ring (bicyclic) bond motifs is 1. The average molecular weight is 474 g/mol. The molecular formula is C25H23N5O3S. The van der Waals surface area contributed by atoms with Gasteiger partial charge in [0.05, 0.1) is 11.8 Å². The molecule has 2 aromatic heterocycles. The van der Waals surface area contributed by atoms with Gasteiger partial charge in [0.15, 0.2) is 22.5 Å². The monoisotopic (exact) mass is 473 g/mol. The maximum absolute atomic E-state index is 12.8. The molecule has 3 heterocycles. The number of amides is 1. The predicted octanol–water partition coefficient (Wildman–Crippen LogP) is 4.07. The van der Waals surface area contributed by atoms with Crippen LogP contribution >= 0.6 is 11.8 Å². The highest BCUT2D eigenvalue weighted by Gasteiger charge is 2.19. The summed E-state index contributed by atoms with van der Waals surface area (Å²) in [4.78, 5) is 17.0. The van der Waals surface area contributed by atoms with Crippen LogP contribution in [-0.4, -0.2) is 44.6 Å². The number of nitrogens with zero attached hydrogens (tertiary/aromatic N) is 4. The zero-order valence-electron chi connectivity index (χ0n) is 18.5. The van der Waals surface area contributed by atoms with Crippen molar-refractivity contribution in [2.75, 3.05) is 19.0 Å². The van der Waals surface area contributed by atoms with E-state index in [1.54, 1.807) is 12.4 Å². The Balaban J connectivity index is 1.30. The smallest absolute Gasteiger partial charge is 0.230 e. The van der Waals surface area contributed by atoms with Gasteiger partial charge in [0.25, 0.3) is 0 Å². The fourth-order valence-electron chi connectivity index (χ4n) is 3.68. The van der Waals surface area contributed by atoms with Gasteiger partial charge in [-0.05, 0) is 48.9 Å². The van der Waals surface area contributed by atoms with Gasteiger partial charge in [0.1, 0.15) is 13.2 Å². The lowest BCUT2D eigenvalue weighted by Crippen LogP contribution is -2.28. The second kappa shape index (κ2) is 9.96. The number of ether oxygens (including phenoxy) is 2. The number of aromatic nitrogens is 4. The van der Waals surface area contributed by atoms with Gasteiger partial charge < -0.3 is 14.8 Å². The molecule has 5 rings (SSSR count). The first-order chi connectivity index (χ1) is 16.7. The summed E-state index contributed by atoms with van der Waals surface area (Å²) in [5.74, 6) is 2.21. The summed E-state index contributed by atoms with van der Waals surface area (Å²) in [6.45, 7) is 3.02. The standard InChI is InChI=1S/C25H23N5O3S/c1-17(18-9-10-21-22(14-18)33-13-12-32-21)27-23(31)16-34-25-29-28-24(19-6-5-11-26-15-19)30(25)20-7-3-2-4-8-20/h2-11,14-15,17H,12-13,16H2,1H3,(H,27,31)/t17-/m1/s1. The maximum atomic E-state index is 12.8. The van der Waals surface area contributed by atoms with E-state index < -0.39 is 0 Å². The van der Waals surface area contributed by atoms with E-state index in [-0.39, 0.29) is 17.7 Å². The number of para-hydroxylation sites is 1. The number of hydrogen-bond donors (Lipinski definition) is 1. The third kappa shape index (κ3) is 4.74. The van der Waals surface area contributed by atoms with E-state index in [0.717, 1.165) is 22.6 Å². The minimum atomic E-state index is -0.179. The van der Waals surface area contributed by atoms with Crippen molar-refractivity contribution in [3.05, 3.63) is 78.6 Å². The first-order valence-electron chi connectivity index (χ1n) is 10.9. The van der Waals surface area contributed by atoms with Crippen LogP contribution < -0.4 is 14.8 Å². The molecule has 9 heteroatoms. The van der Waals surface area contributed by atoms with E-state index in [9.17, 15) is 4.79 Å². The van der Waals surface area contributed by atoms with Gasteiger partial charge in [-0.3, -0.25) is 14.3 Å². The fourth-order valence-corrected chi connectivity index (χ4v) is 4.44. The Morgan fingerprint density at radius 2 is 1.88 bits per heavy atom.